The third kappa shape index (κ3) is 2.83. The summed E-state index contributed by atoms with van der Waals surface area (Å²) in [6.07, 6.45) is 2.73. The predicted octanol–water partition coefficient (Wildman–Crippen LogP) is 3.39. The van der Waals surface area contributed by atoms with Crippen LogP contribution in [0.1, 0.15) is 29.2 Å². The number of nitrogens with two attached hydrogens (primary N) is 1. The minimum atomic E-state index is -0.214. The molecule has 3 heteroatoms. The number of benzene rings is 2. The monoisotopic (exact) mass is 271 g/mol. The normalized spacial score (nSPS) is 15.3. The zero-order valence-corrected chi connectivity index (χ0v) is 11.3. The van der Waals surface area contributed by atoms with Gasteiger partial charge in [0.25, 0.3) is 0 Å². The van der Waals surface area contributed by atoms with Gasteiger partial charge < -0.3 is 10.5 Å². The number of fused-ring (bicyclic) bond motifs is 1. The van der Waals surface area contributed by atoms with Crippen molar-refractivity contribution >= 4 is 0 Å². The van der Waals surface area contributed by atoms with Crippen LogP contribution in [-0.2, 0) is 12.8 Å². The Bertz CT molecular complexity index is 612. The number of rotatable bonds is 3. The number of ether oxygens (including phenoxy) is 1. The van der Waals surface area contributed by atoms with Gasteiger partial charge >= 0.3 is 0 Å². The van der Waals surface area contributed by atoms with E-state index in [4.69, 9.17) is 10.5 Å². The first-order valence-electron chi connectivity index (χ1n) is 6.98. The van der Waals surface area contributed by atoms with Gasteiger partial charge in [0.2, 0.25) is 0 Å². The molecule has 1 atom stereocenters. The van der Waals surface area contributed by atoms with Gasteiger partial charge in [-0.05, 0) is 54.2 Å². The average Bonchev–Trinajstić information content (AvgIpc) is 2.47. The van der Waals surface area contributed by atoms with Gasteiger partial charge in [0, 0.05) is 6.04 Å². The third-order valence-electron chi connectivity index (χ3n) is 3.71. The highest BCUT2D eigenvalue weighted by Crippen LogP contribution is 2.28. The molecule has 3 rings (SSSR count). The summed E-state index contributed by atoms with van der Waals surface area (Å²) in [5.74, 6) is 0.756. The summed E-state index contributed by atoms with van der Waals surface area (Å²) in [6, 6.07) is 12.6. The predicted molar refractivity (Wildman–Crippen MR) is 77.3 cm³/mol. The van der Waals surface area contributed by atoms with E-state index in [1.807, 2.05) is 18.2 Å². The molecule has 0 saturated carbocycles. The quantitative estimate of drug-likeness (QED) is 0.928. The zero-order valence-electron chi connectivity index (χ0n) is 11.3. The second kappa shape index (κ2) is 5.63. The fraction of sp³-hybridized carbons (Fsp3) is 0.294. The lowest BCUT2D eigenvalue weighted by Gasteiger charge is -2.20. The standard InChI is InChI=1S/C17H18FNO/c18-15-5-1-3-12(9-15)10-16(19)13-6-7-17-14(11-13)4-2-8-20-17/h1,3,5-7,9,11,16H,2,4,8,10,19H2. The van der Waals surface area contributed by atoms with Crippen molar-refractivity contribution in [1.29, 1.82) is 0 Å². The third-order valence-corrected chi connectivity index (χ3v) is 3.71. The highest BCUT2D eigenvalue weighted by Gasteiger charge is 2.14. The van der Waals surface area contributed by atoms with E-state index in [1.165, 1.54) is 11.6 Å². The van der Waals surface area contributed by atoms with Crippen LogP contribution in [0.3, 0.4) is 0 Å². The highest BCUT2D eigenvalue weighted by molar-refractivity contribution is 5.40. The molecule has 20 heavy (non-hydrogen) atoms. The molecule has 1 aliphatic rings. The molecule has 0 fully saturated rings. The Morgan fingerprint density at radius 2 is 2.10 bits per heavy atom. The van der Waals surface area contributed by atoms with E-state index in [9.17, 15) is 4.39 Å². The second-order valence-corrected chi connectivity index (χ2v) is 5.26. The van der Waals surface area contributed by atoms with E-state index in [2.05, 4.69) is 6.07 Å². The van der Waals surface area contributed by atoms with Crippen LogP contribution in [0.5, 0.6) is 5.75 Å². The van der Waals surface area contributed by atoms with Gasteiger partial charge in [-0.2, -0.15) is 0 Å². The SMILES string of the molecule is NC(Cc1cccc(F)c1)c1ccc2c(c1)CCCO2. The van der Waals surface area contributed by atoms with Gasteiger partial charge in [-0.15, -0.1) is 0 Å². The van der Waals surface area contributed by atoms with Crippen molar-refractivity contribution in [1.82, 2.24) is 0 Å². The lowest BCUT2D eigenvalue weighted by Crippen LogP contribution is -2.15. The van der Waals surface area contributed by atoms with Crippen molar-refractivity contribution in [2.45, 2.75) is 25.3 Å². The molecular weight excluding hydrogens is 253 g/mol. The summed E-state index contributed by atoms with van der Waals surface area (Å²) in [7, 11) is 0. The van der Waals surface area contributed by atoms with Gasteiger partial charge in [-0.25, -0.2) is 4.39 Å². The average molecular weight is 271 g/mol. The fourth-order valence-corrected chi connectivity index (χ4v) is 2.65. The number of hydrogen-bond acceptors (Lipinski definition) is 2. The molecule has 2 aromatic carbocycles. The minimum absolute atomic E-state index is 0.121. The first-order valence-corrected chi connectivity index (χ1v) is 6.98. The maximum absolute atomic E-state index is 13.2. The lowest BCUT2D eigenvalue weighted by molar-refractivity contribution is 0.288. The Labute approximate surface area is 118 Å². The van der Waals surface area contributed by atoms with Crippen LogP contribution < -0.4 is 10.5 Å². The molecule has 0 saturated heterocycles. The maximum atomic E-state index is 13.2. The van der Waals surface area contributed by atoms with Crippen molar-refractivity contribution in [2.24, 2.45) is 5.73 Å². The molecule has 2 N–H and O–H groups in total. The lowest BCUT2D eigenvalue weighted by atomic mass is 9.96. The molecule has 0 aromatic heterocycles. The molecule has 1 heterocycles. The molecule has 0 bridgehead atoms. The molecule has 0 amide bonds. The molecule has 104 valence electrons. The van der Waals surface area contributed by atoms with E-state index in [1.54, 1.807) is 12.1 Å². The maximum Gasteiger partial charge on any atom is 0.123 e. The Kier molecular flexibility index (Phi) is 3.70. The number of hydrogen-bond donors (Lipinski definition) is 1. The first-order chi connectivity index (χ1) is 9.72. The highest BCUT2D eigenvalue weighted by atomic mass is 19.1. The van der Waals surface area contributed by atoms with E-state index in [0.29, 0.717) is 6.42 Å². The summed E-state index contributed by atoms with van der Waals surface area (Å²) in [6.45, 7) is 0.793. The summed E-state index contributed by atoms with van der Waals surface area (Å²) in [5, 5.41) is 0. The van der Waals surface area contributed by atoms with E-state index in [0.717, 1.165) is 36.3 Å². The van der Waals surface area contributed by atoms with Crippen LogP contribution in [-0.4, -0.2) is 6.61 Å². The summed E-state index contributed by atoms with van der Waals surface area (Å²) in [5.41, 5.74) is 9.48. The molecule has 1 aliphatic heterocycles. The van der Waals surface area contributed by atoms with E-state index < -0.39 is 0 Å². The van der Waals surface area contributed by atoms with Crippen molar-refractivity contribution in [2.75, 3.05) is 6.61 Å². The summed E-state index contributed by atoms with van der Waals surface area (Å²) >= 11 is 0. The van der Waals surface area contributed by atoms with Crippen molar-refractivity contribution in [3.05, 3.63) is 65.0 Å². The molecule has 0 radical (unpaired) electrons. The summed E-state index contributed by atoms with van der Waals surface area (Å²) < 4.78 is 18.8. The summed E-state index contributed by atoms with van der Waals surface area (Å²) in [4.78, 5) is 0. The van der Waals surface area contributed by atoms with Gasteiger partial charge in [0.15, 0.2) is 0 Å². The first kappa shape index (κ1) is 13.1. The Morgan fingerprint density at radius 3 is 2.95 bits per heavy atom. The van der Waals surface area contributed by atoms with Crippen molar-refractivity contribution in [3.8, 4) is 5.75 Å². The van der Waals surface area contributed by atoms with Crippen molar-refractivity contribution < 1.29 is 9.13 Å². The van der Waals surface area contributed by atoms with Gasteiger partial charge in [0.1, 0.15) is 11.6 Å². The van der Waals surface area contributed by atoms with Crippen LogP contribution in [0.4, 0.5) is 4.39 Å². The second-order valence-electron chi connectivity index (χ2n) is 5.26. The molecule has 2 aromatic rings. The smallest absolute Gasteiger partial charge is 0.123 e. The van der Waals surface area contributed by atoms with Crippen LogP contribution in [0.2, 0.25) is 0 Å². The molecule has 0 aliphatic carbocycles. The Morgan fingerprint density at radius 1 is 1.20 bits per heavy atom. The molecule has 1 unspecified atom stereocenters. The van der Waals surface area contributed by atoms with Crippen LogP contribution in [0.15, 0.2) is 42.5 Å². The van der Waals surface area contributed by atoms with Gasteiger partial charge in [0.05, 0.1) is 6.61 Å². The van der Waals surface area contributed by atoms with E-state index in [-0.39, 0.29) is 11.9 Å². The Balaban J connectivity index is 1.78. The molecule has 2 nitrogen and oxygen atoms in total. The van der Waals surface area contributed by atoms with Crippen molar-refractivity contribution in [3.63, 3.8) is 0 Å². The van der Waals surface area contributed by atoms with Crippen LogP contribution >= 0.6 is 0 Å². The fourth-order valence-electron chi connectivity index (χ4n) is 2.65. The molecular formula is C17H18FNO. The van der Waals surface area contributed by atoms with Gasteiger partial charge in [-0.3, -0.25) is 0 Å². The van der Waals surface area contributed by atoms with E-state index >= 15 is 0 Å². The molecule has 0 spiro atoms. The largest absolute Gasteiger partial charge is 0.493 e. The zero-order chi connectivity index (χ0) is 13.9. The van der Waals surface area contributed by atoms with Crippen LogP contribution in [0.25, 0.3) is 0 Å². The van der Waals surface area contributed by atoms with Gasteiger partial charge in [-0.1, -0.05) is 24.3 Å². The topological polar surface area (TPSA) is 35.2 Å². The Hall–Kier alpha value is -1.87. The van der Waals surface area contributed by atoms with Crippen LogP contribution in [0, 0.1) is 5.82 Å². The minimum Gasteiger partial charge on any atom is -0.493 e. The number of aryl methyl sites for hydroxylation is 1. The number of halogens is 1.